The molecule has 2 rings (SSSR count). The largest absolute Gasteiger partial charge is 0.368 e. The molecule has 5 heteroatoms. The van der Waals surface area contributed by atoms with E-state index in [0.29, 0.717) is 6.54 Å². The second-order valence-electron chi connectivity index (χ2n) is 4.31. The highest BCUT2D eigenvalue weighted by atomic mass is 16.1. The van der Waals surface area contributed by atoms with E-state index >= 15 is 0 Å². The second-order valence-corrected chi connectivity index (χ2v) is 4.31. The summed E-state index contributed by atoms with van der Waals surface area (Å²) in [6.07, 6.45) is 1.78. The van der Waals surface area contributed by atoms with Crippen LogP contribution in [0.15, 0.2) is 30.5 Å². The number of hydrogen-bond donors (Lipinski definition) is 2. The van der Waals surface area contributed by atoms with Crippen LogP contribution in [-0.2, 0) is 11.3 Å². The van der Waals surface area contributed by atoms with Crippen molar-refractivity contribution in [2.45, 2.75) is 19.0 Å². The van der Waals surface area contributed by atoms with Crippen molar-refractivity contribution in [1.82, 2.24) is 15.1 Å². The van der Waals surface area contributed by atoms with E-state index in [1.54, 1.807) is 24.9 Å². The van der Waals surface area contributed by atoms with Crippen molar-refractivity contribution >= 4 is 16.8 Å². The van der Waals surface area contributed by atoms with Gasteiger partial charge in [-0.05, 0) is 20.0 Å². The summed E-state index contributed by atoms with van der Waals surface area (Å²) in [6.45, 7) is 2.18. The second kappa shape index (κ2) is 4.18. The Kier molecular flexibility index (Phi) is 2.85. The number of para-hydroxylation sites is 1. The third-order valence-corrected chi connectivity index (χ3v) is 3.11. The molecule has 1 aromatic carbocycles. The number of nitrogens with two attached hydrogens (primary N) is 1. The number of rotatable bonds is 4. The number of likely N-dealkylation sites (N-methyl/N-ethyl adjacent to an activating group) is 1. The summed E-state index contributed by atoms with van der Waals surface area (Å²) in [6, 6.07) is 7.86. The number of benzene rings is 1. The molecule has 1 amide bonds. The molecule has 2 aromatic rings. The first-order valence-electron chi connectivity index (χ1n) is 5.46. The number of fused-ring (bicyclic) bond motifs is 1. The van der Waals surface area contributed by atoms with Crippen LogP contribution in [0.1, 0.15) is 6.92 Å². The average Bonchev–Trinajstić information content (AvgIpc) is 2.72. The van der Waals surface area contributed by atoms with E-state index in [1.165, 1.54) is 0 Å². The Morgan fingerprint density at radius 1 is 1.53 bits per heavy atom. The summed E-state index contributed by atoms with van der Waals surface area (Å²) in [5, 5.41) is 8.28. The highest BCUT2D eigenvalue weighted by Crippen LogP contribution is 2.15. The summed E-state index contributed by atoms with van der Waals surface area (Å²) >= 11 is 0. The zero-order valence-electron chi connectivity index (χ0n) is 9.97. The van der Waals surface area contributed by atoms with E-state index < -0.39 is 5.54 Å². The monoisotopic (exact) mass is 232 g/mol. The minimum Gasteiger partial charge on any atom is -0.368 e. The van der Waals surface area contributed by atoms with Crippen LogP contribution in [0.5, 0.6) is 0 Å². The molecule has 1 aromatic heterocycles. The molecule has 0 fully saturated rings. The van der Waals surface area contributed by atoms with Crippen LogP contribution in [0.4, 0.5) is 0 Å². The van der Waals surface area contributed by atoms with Gasteiger partial charge >= 0.3 is 0 Å². The Morgan fingerprint density at radius 2 is 2.24 bits per heavy atom. The number of nitrogens with one attached hydrogen (secondary N) is 1. The van der Waals surface area contributed by atoms with Crippen LogP contribution in [0.25, 0.3) is 10.9 Å². The van der Waals surface area contributed by atoms with Crippen molar-refractivity contribution in [2.24, 2.45) is 5.73 Å². The van der Waals surface area contributed by atoms with Crippen LogP contribution in [-0.4, -0.2) is 28.3 Å². The topological polar surface area (TPSA) is 72.9 Å². The summed E-state index contributed by atoms with van der Waals surface area (Å²) < 4.78 is 1.79. The van der Waals surface area contributed by atoms with Gasteiger partial charge in [0.1, 0.15) is 5.54 Å². The van der Waals surface area contributed by atoms with Crippen LogP contribution >= 0.6 is 0 Å². The summed E-state index contributed by atoms with van der Waals surface area (Å²) in [5.41, 5.74) is 5.60. The molecule has 0 spiro atoms. The lowest BCUT2D eigenvalue weighted by Crippen LogP contribution is -2.54. The zero-order valence-corrected chi connectivity index (χ0v) is 9.97. The number of amides is 1. The average molecular weight is 232 g/mol. The quantitative estimate of drug-likeness (QED) is 0.806. The maximum absolute atomic E-state index is 11.4. The van der Waals surface area contributed by atoms with Gasteiger partial charge in [0.05, 0.1) is 18.3 Å². The zero-order chi connectivity index (χ0) is 12.5. The van der Waals surface area contributed by atoms with Gasteiger partial charge in [0, 0.05) is 5.39 Å². The number of primary amides is 1. The Bertz CT molecular complexity index is 548. The molecule has 0 aliphatic rings. The molecule has 0 radical (unpaired) electrons. The molecule has 90 valence electrons. The van der Waals surface area contributed by atoms with Gasteiger partial charge in [-0.25, -0.2) is 0 Å². The van der Waals surface area contributed by atoms with E-state index in [4.69, 9.17) is 5.73 Å². The van der Waals surface area contributed by atoms with Crippen LogP contribution < -0.4 is 11.1 Å². The van der Waals surface area contributed by atoms with Gasteiger partial charge in [-0.15, -0.1) is 0 Å². The highest BCUT2D eigenvalue weighted by Gasteiger charge is 2.30. The number of carbonyl (C=O) groups is 1. The summed E-state index contributed by atoms with van der Waals surface area (Å²) in [7, 11) is 1.72. The van der Waals surface area contributed by atoms with E-state index in [9.17, 15) is 4.79 Å². The maximum atomic E-state index is 11.4. The van der Waals surface area contributed by atoms with Crippen molar-refractivity contribution in [3.63, 3.8) is 0 Å². The van der Waals surface area contributed by atoms with Gasteiger partial charge in [0.25, 0.3) is 0 Å². The fraction of sp³-hybridized carbons (Fsp3) is 0.333. The lowest BCUT2D eigenvalue weighted by molar-refractivity contribution is -0.124. The lowest BCUT2D eigenvalue weighted by Gasteiger charge is -2.25. The number of carbonyl (C=O) groups excluding carboxylic acids is 1. The van der Waals surface area contributed by atoms with Crippen molar-refractivity contribution in [3.05, 3.63) is 30.5 Å². The molecule has 0 saturated carbocycles. The molecule has 17 heavy (non-hydrogen) atoms. The molecule has 1 unspecified atom stereocenters. The van der Waals surface area contributed by atoms with Crippen molar-refractivity contribution in [2.75, 3.05) is 7.05 Å². The van der Waals surface area contributed by atoms with E-state index in [-0.39, 0.29) is 5.91 Å². The summed E-state index contributed by atoms with van der Waals surface area (Å²) in [4.78, 5) is 11.4. The van der Waals surface area contributed by atoms with Crippen molar-refractivity contribution in [1.29, 1.82) is 0 Å². The number of nitrogens with zero attached hydrogens (tertiary/aromatic N) is 2. The first-order valence-corrected chi connectivity index (χ1v) is 5.46. The predicted octanol–water partition coefficient (Wildman–Crippen LogP) is 0.500. The third kappa shape index (κ3) is 2.01. The molecule has 0 saturated heterocycles. The SMILES string of the molecule is CNC(C)(Cn1ncc2ccccc21)C(N)=O. The van der Waals surface area contributed by atoms with E-state index in [2.05, 4.69) is 10.4 Å². The molecule has 1 atom stereocenters. The van der Waals surface area contributed by atoms with Crippen LogP contribution in [0, 0.1) is 0 Å². The molecular formula is C12H16N4O. The minimum atomic E-state index is -0.797. The van der Waals surface area contributed by atoms with Gasteiger partial charge < -0.3 is 11.1 Å². The molecule has 1 heterocycles. The first-order chi connectivity index (χ1) is 8.07. The fourth-order valence-electron chi connectivity index (χ4n) is 1.73. The van der Waals surface area contributed by atoms with Crippen molar-refractivity contribution < 1.29 is 4.79 Å². The van der Waals surface area contributed by atoms with Gasteiger partial charge in [0.15, 0.2) is 0 Å². The Morgan fingerprint density at radius 3 is 2.88 bits per heavy atom. The Balaban J connectivity index is 2.38. The lowest BCUT2D eigenvalue weighted by atomic mass is 10.0. The van der Waals surface area contributed by atoms with Crippen LogP contribution in [0.2, 0.25) is 0 Å². The predicted molar refractivity (Wildman–Crippen MR) is 66.4 cm³/mol. The van der Waals surface area contributed by atoms with Gasteiger partial charge in [0.2, 0.25) is 5.91 Å². The molecule has 0 aliphatic carbocycles. The van der Waals surface area contributed by atoms with Gasteiger partial charge in [-0.2, -0.15) is 5.10 Å². The maximum Gasteiger partial charge on any atom is 0.239 e. The highest BCUT2D eigenvalue weighted by molar-refractivity contribution is 5.84. The smallest absolute Gasteiger partial charge is 0.239 e. The van der Waals surface area contributed by atoms with E-state index in [0.717, 1.165) is 10.9 Å². The van der Waals surface area contributed by atoms with Gasteiger partial charge in [-0.3, -0.25) is 9.48 Å². The summed E-state index contributed by atoms with van der Waals surface area (Å²) in [5.74, 6) is -0.389. The molecule has 0 aliphatic heterocycles. The van der Waals surface area contributed by atoms with Crippen molar-refractivity contribution in [3.8, 4) is 0 Å². The first kappa shape index (κ1) is 11.6. The fourth-order valence-corrected chi connectivity index (χ4v) is 1.73. The van der Waals surface area contributed by atoms with Gasteiger partial charge in [-0.1, -0.05) is 18.2 Å². The molecule has 3 N–H and O–H groups in total. The molecule has 5 nitrogen and oxygen atoms in total. The normalized spacial score (nSPS) is 14.7. The number of aromatic nitrogens is 2. The molecular weight excluding hydrogens is 216 g/mol. The Labute approximate surface area is 99.6 Å². The molecule has 0 bridgehead atoms. The van der Waals surface area contributed by atoms with E-state index in [1.807, 2.05) is 24.3 Å². The third-order valence-electron chi connectivity index (χ3n) is 3.11. The Hall–Kier alpha value is -1.88. The standard InChI is InChI=1S/C12H16N4O/c1-12(14-2,11(13)17)8-16-10-6-4-3-5-9(10)7-15-16/h3-7,14H,8H2,1-2H3,(H2,13,17). The number of hydrogen-bond acceptors (Lipinski definition) is 3. The minimum absolute atomic E-state index is 0.389. The van der Waals surface area contributed by atoms with Crippen LogP contribution in [0.3, 0.4) is 0 Å².